The van der Waals surface area contributed by atoms with Crippen molar-refractivity contribution >= 4 is 0 Å². The maximum atomic E-state index is 6.05. The van der Waals surface area contributed by atoms with E-state index in [1.54, 1.807) is 0 Å². The van der Waals surface area contributed by atoms with Crippen molar-refractivity contribution in [1.82, 2.24) is 4.90 Å². The molecular formula is C14H30N2. The summed E-state index contributed by atoms with van der Waals surface area (Å²) in [6, 6.07) is 0. The molecule has 0 amide bonds. The van der Waals surface area contributed by atoms with Gasteiger partial charge in [-0.2, -0.15) is 0 Å². The average molecular weight is 226 g/mol. The van der Waals surface area contributed by atoms with Crippen molar-refractivity contribution in [2.24, 2.45) is 11.7 Å². The molecule has 1 aliphatic rings. The van der Waals surface area contributed by atoms with Gasteiger partial charge in [-0.05, 0) is 51.6 Å². The quantitative estimate of drug-likeness (QED) is 0.655. The van der Waals surface area contributed by atoms with E-state index in [2.05, 4.69) is 25.7 Å². The molecule has 0 bridgehead atoms. The van der Waals surface area contributed by atoms with Crippen molar-refractivity contribution in [3.05, 3.63) is 0 Å². The minimum absolute atomic E-state index is 0.282. The molecule has 1 atom stereocenters. The van der Waals surface area contributed by atoms with E-state index in [-0.39, 0.29) is 5.54 Å². The van der Waals surface area contributed by atoms with E-state index in [1.807, 2.05) is 0 Å². The highest BCUT2D eigenvalue weighted by Gasteiger charge is 2.43. The Labute approximate surface area is 102 Å². The topological polar surface area (TPSA) is 29.3 Å². The van der Waals surface area contributed by atoms with Crippen LogP contribution in [0.3, 0.4) is 0 Å². The molecule has 0 heterocycles. The van der Waals surface area contributed by atoms with E-state index in [0.29, 0.717) is 0 Å². The van der Waals surface area contributed by atoms with Crippen LogP contribution in [0.2, 0.25) is 0 Å². The molecule has 1 aliphatic carbocycles. The molecule has 0 aliphatic heterocycles. The molecule has 1 fully saturated rings. The lowest BCUT2D eigenvalue weighted by Gasteiger charge is -2.41. The van der Waals surface area contributed by atoms with Gasteiger partial charge in [0.05, 0.1) is 0 Å². The molecule has 0 aromatic rings. The number of hydrogen-bond donors (Lipinski definition) is 1. The van der Waals surface area contributed by atoms with Gasteiger partial charge in [0.25, 0.3) is 0 Å². The molecule has 1 saturated carbocycles. The molecule has 0 aromatic carbocycles. The Morgan fingerprint density at radius 1 is 1.12 bits per heavy atom. The third kappa shape index (κ3) is 3.46. The first kappa shape index (κ1) is 14.0. The fourth-order valence-electron chi connectivity index (χ4n) is 2.58. The van der Waals surface area contributed by atoms with Gasteiger partial charge in [0.15, 0.2) is 0 Å². The minimum Gasteiger partial charge on any atom is -0.329 e. The molecule has 2 nitrogen and oxygen atoms in total. The summed E-state index contributed by atoms with van der Waals surface area (Å²) in [6.07, 6.45) is 7.98. The Balaban J connectivity index is 2.55. The van der Waals surface area contributed by atoms with Crippen molar-refractivity contribution in [2.75, 3.05) is 19.6 Å². The second-order valence-corrected chi connectivity index (χ2v) is 5.53. The standard InChI is InChI=1S/C14H30N2/c1-4-6-10-16(11-7-5-2)14(3,12-15)13-8-9-13/h13H,4-12,15H2,1-3H3. The van der Waals surface area contributed by atoms with Crippen LogP contribution in [-0.2, 0) is 0 Å². The van der Waals surface area contributed by atoms with Crippen LogP contribution < -0.4 is 5.73 Å². The molecule has 2 heteroatoms. The van der Waals surface area contributed by atoms with E-state index in [4.69, 9.17) is 5.73 Å². The lowest BCUT2D eigenvalue weighted by Crippen LogP contribution is -2.54. The summed E-state index contributed by atoms with van der Waals surface area (Å²) in [4.78, 5) is 2.68. The molecule has 0 saturated heterocycles. The maximum Gasteiger partial charge on any atom is 0.0331 e. The summed E-state index contributed by atoms with van der Waals surface area (Å²) in [7, 11) is 0. The fourth-order valence-corrected chi connectivity index (χ4v) is 2.58. The monoisotopic (exact) mass is 226 g/mol. The Hall–Kier alpha value is -0.0800. The van der Waals surface area contributed by atoms with Gasteiger partial charge in [-0.3, -0.25) is 4.90 Å². The van der Waals surface area contributed by atoms with Gasteiger partial charge >= 0.3 is 0 Å². The van der Waals surface area contributed by atoms with Crippen molar-refractivity contribution < 1.29 is 0 Å². The number of nitrogens with two attached hydrogens (primary N) is 1. The fraction of sp³-hybridized carbons (Fsp3) is 1.00. The van der Waals surface area contributed by atoms with Crippen molar-refractivity contribution in [3.63, 3.8) is 0 Å². The number of hydrogen-bond acceptors (Lipinski definition) is 2. The van der Waals surface area contributed by atoms with Gasteiger partial charge in [0.2, 0.25) is 0 Å². The van der Waals surface area contributed by atoms with E-state index in [0.717, 1.165) is 12.5 Å². The van der Waals surface area contributed by atoms with Crippen molar-refractivity contribution in [2.45, 2.75) is 64.8 Å². The van der Waals surface area contributed by atoms with E-state index in [1.165, 1.54) is 51.6 Å². The first-order chi connectivity index (χ1) is 7.69. The van der Waals surface area contributed by atoms with Crippen LogP contribution in [0.1, 0.15) is 59.3 Å². The Bertz CT molecular complexity index is 181. The third-order valence-electron chi connectivity index (χ3n) is 4.16. The first-order valence-electron chi connectivity index (χ1n) is 7.14. The Kier molecular flexibility index (Phi) is 5.77. The van der Waals surface area contributed by atoms with Gasteiger partial charge in [-0.25, -0.2) is 0 Å². The lowest BCUT2D eigenvalue weighted by molar-refractivity contribution is 0.0855. The van der Waals surface area contributed by atoms with E-state index < -0.39 is 0 Å². The molecule has 1 unspecified atom stereocenters. The summed E-state index contributed by atoms with van der Waals surface area (Å²) in [5.41, 5.74) is 6.33. The highest BCUT2D eigenvalue weighted by atomic mass is 15.2. The zero-order valence-corrected chi connectivity index (χ0v) is 11.5. The third-order valence-corrected chi connectivity index (χ3v) is 4.16. The summed E-state index contributed by atoms with van der Waals surface area (Å²) in [5.74, 6) is 0.867. The largest absolute Gasteiger partial charge is 0.329 e. The van der Waals surface area contributed by atoms with Gasteiger partial charge < -0.3 is 5.73 Å². The summed E-state index contributed by atoms with van der Waals surface area (Å²) in [6.45, 7) is 10.2. The summed E-state index contributed by atoms with van der Waals surface area (Å²) < 4.78 is 0. The molecule has 0 radical (unpaired) electrons. The molecule has 0 aromatic heterocycles. The molecule has 96 valence electrons. The molecular weight excluding hydrogens is 196 g/mol. The normalized spacial score (nSPS) is 20.1. The Morgan fingerprint density at radius 3 is 1.94 bits per heavy atom. The van der Waals surface area contributed by atoms with Crippen LogP contribution >= 0.6 is 0 Å². The zero-order chi connectivity index (χ0) is 12.0. The number of unbranched alkanes of at least 4 members (excludes halogenated alkanes) is 2. The predicted molar refractivity (Wildman–Crippen MR) is 71.6 cm³/mol. The average Bonchev–Trinajstić information content (AvgIpc) is 3.12. The second kappa shape index (κ2) is 6.61. The van der Waals surface area contributed by atoms with Crippen LogP contribution in [0, 0.1) is 5.92 Å². The molecule has 2 N–H and O–H groups in total. The highest BCUT2D eigenvalue weighted by molar-refractivity contribution is 5.00. The van der Waals surface area contributed by atoms with Gasteiger partial charge in [-0.15, -0.1) is 0 Å². The first-order valence-corrected chi connectivity index (χ1v) is 7.14. The predicted octanol–water partition coefficient (Wildman–Crippen LogP) is 3.02. The summed E-state index contributed by atoms with van der Waals surface area (Å²) >= 11 is 0. The number of nitrogens with zero attached hydrogens (tertiary/aromatic N) is 1. The van der Waals surface area contributed by atoms with Crippen LogP contribution in [0.25, 0.3) is 0 Å². The van der Waals surface area contributed by atoms with E-state index in [9.17, 15) is 0 Å². The maximum absolute atomic E-state index is 6.05. The summed E-state index contributed by atoms with van der Waals surface area (Å²) in [5, 5.41) is 0. The van der Waals surface area contributed by atoms with Gasteiger partial charge in [0, 0.05) is 12.1 Å². The SMILES string of the molecule is CCCCN(CCCC)C(C)(CN)C1CC1. The van der Waals surface area contributed by atoms with Crippen LogP contribution in [-0.4, -0.2) is 30.1 Å². The lowest BCUT2D eigenvalue weighted by atomic mass is 9.92. The van der Waals surface area contributed by atoms with Gasteiger partial charge in [0.1, 0.15) is 0 Å². The van der Waals surface area contributed by atoms with Gasteiger partial charge in [-0.1, -0.05) is 26.7 Å². The minimum atomic E-state index is 0.282. The van der Waals surface area contributed by atoms with Crippen LogP contribution in [0.5, 0.6) is 0 Å². The van der Waals surface area contributed by atoms with Crippen LogP contribution in [0.4, 0.5) is 0 Å². The molecule has 0 spiro atoms. The smallest absolute Gasteiger partial charge is 0.0331 e. The van der Waals surface area contributed by atoms with Crippen molar-refractivity contribution in [1.29, 1.82) is 0 Å². The number of rotatable bonds is 9. The van der Waals surface area contributed by atoms with Crippen molar-refractivity contribution in [3.8, 4) is 0 Å². The molecule has 1 rings (SSSR count). The highest BCUT2D eigenvalue weighted by Crippen LogP contribution is 2.42. The Morgan fingerprint density at radius 2 is 1.62 bits per heavy atom. The second-order valence-electron chi connectivity index (χ2n) is 5.53. The van der Waals surface area contributed by atoms with E-state index >= 15 is 0 Å². The van der Waals surface area contributed by atoms with Crippen LogP contribution in [0.15, 0.2) is 0 Å². The molecule has 16 heavy (non-hydrogen) atoms. The zero-order valence-electron chi connectivity index (χ0n) is 11.5.